The Balaban J connectivity index is -0.00000968. The molecule has 0 aliphatic rings. The van der Waals surface area contributed by atoms with Crippen LogP contribution in [0.25, 0.3) is 0 Å². The van der Waals surface area contributed by atoms with Gasteiger partial charge in [-0.05, 0) is 68.2 Å². The van der Waals surface area contributed by atoms with Crippen LogP contribution in [0.2, 0.25) is 0 Å². The van der Waals surface area contributed by atoms with Crippen molar-refractivity contribution in [3.05, 3.63) is 0 Å². The van der Waals surface area contributed by atoms with Crippen molar-refractivity contribution in [3.63, 3.8) is 0 Å². The van der Waals surface area contributed by atoms with Gasteiger partial charge in [0.15, 0.2) is 11.2 Å². The van der Waals surface area contributed by atoms with E-state index in [0.29, 0.717) is 12.8 Å². The summed E-state index contributed by atoms with van der Waals surface area (Å²) in [5, 5.41) is 19.1. The Morgan fingerprint density at radius 2 is 0.851 bits per heavy atom. The van der Waals surface area contributed by atoms with E-state index in [2.05, 4.69) is 0 Å². The van der Waals surface area contributed by atoms with Gasteiger partial charge in [0, 0.05) is 65.4 Å². The van der Waals surface area contributed by atoms with Gasteiger partial charge in [0.1, 0.15) is 38.6 Å². The normalized spacial score (nSPS) is 15.2. The zero-order chi connectivity index (χ0) is 34.8. The molecule has 47 heavy (non-hydrogen) atoms. The third kappa shape index (κ3) is 24.3. The van der Waals surface area contributed by atoms with Crippen molar-refractivity contribution in [2.45, 2.75) is 130 Å². The van der Waals surface area contributed by atoms with Crippen molar-refractivity contribution in [1.82, 2.24) is 0 Å². The van der Waals surface area contributed by atoms with Crippen LogP contribution < -0.4 is 0 Å². The van der Waals surface area contributed by atoms with Crippen LogP contribution in [0.3, 0.4) is 0 Å². The molecule has 6 unspecified atom stereocenters. The minimum atomic E-state index is -1.33. The molecule has 0 rings (SSSR count). The third-order valence-corrected chi connectivity index (χ3v) is 5.90. The van der Waals surface area contributed by atoms with E-state index in [0.717, 1.165) is 0 Å². The molecule has 0 saturated heterocycles. The molecule has 15 nitrogen and oxygen atoms in total. The monoisotopic (exact) mass is 832 g/mol. The number of ether oxygens (including phenoxy) is 9. The quantitative estimate of drug-likeness (QED) is 0.119. The summed E-state index contributed by atoms with van der Waals surface area (Å²) in [7, 11) is 0. The van der Waals surface area contributed by atoms with Gasteiger partial charge in [-0.3, -0.25) is 0 Å². The van der Waals surface area contributed by atoms with E-state index in [4.69, 9.17) is 42.6 Å². The molecular weight excluding hydrogens is 778 g/mol. The van der Waals surface area contributed by atoms with Gasteiger partial charge >= 0.3 is 24.2 Å². The SMILES string of the molecule is CCC(O)COC(=O)C(C)(C)OC(C)COC(=O)OC(C)COCC(C)OC(=O)OCC(C)OC(C)(C)C(=O)OCC(O)CC.[Y].[Y]. The molecule has 0 heterocycles. The molecule has 2 radical (unpaired) electrons. The van der Waals surface area contributed by atoms with E-state index in [9.17, 15) is 29.4 Å². The Bertz CT molecular complexity index is 833. The van der Waals surface area contributed by atoms with Crippen molar-refractivity contribution in [3.8, 4) is 0 Å². The van der Waals surface area contributed by atoms with Gasteiger partial charge in [0.05, 0.1) is 37.6 Å². The molecular formula is C30H54O15Y2. The first kappa shape index (κ1) is 50.9. The van der Waals surface area contributed by atoms with Gasteiger partial charge in [-0.2, -0.15) is 0 Å². The zero-order valence-corrected chi connectivity index (χ0v) is 35.2. The third-order valence-electron chi connectivity index (χ3n) is 5.90. The molecule has 0 fully saturated rings. The van der Waals surface area contributed by atoms with Crippen LogP contribution in [0.1, 0.15) is 82.1 Å². The van der Waals surface area contributed by atoms with Crippen LogP contribution in [0.5, 0.6) is 0 Å². The van der Waals surface area contributed by atoms with Crippen LogP contribution in [0.15, 0.2) is 0 Å². The zero-order valence-electron chi connectivity index (χ0n) is 29.5. The average molecular weight is 833 g/mol. The Kier molecular flexibility index (Phi) is 28.5. The second-order valence-corrected chi connectivity index (χ2v) is 11.7. The summed E-state index contributed by atoms with van der Waals surface area (Å²) in [6.45, 7) is 15.2. The summed E-state index contributed by atoms with van der Waals surface area (Å²) in [4.78, 5) is 48.5. The molecule has 0 aromatic rings. The Hall–Kier alpha value is -0.512. The fourth-order valence-electron chi connectivity index (χ4n) is 3.33. The number of hydrogen-bond donors (Lipinski definition) is 2. The molecule has 0 bridgehead atoms. The van der Waals surface area contributed by atoms with Gasteiger partial charge in [-0.1, -0.05) is 13.8 Å². The van der Waals surface area contributed by atoms with Gasteiger partial charge in [0.2, 0.25) is 0 Å². The standard InChI is InChI=1S/C30H54O15.2Y/c1-11-23(31)17-38-25(33)29(7,8)44-21(5)15-40-27(35)42-19(3)13-37-14-20(4)43-28(36)41-16-22(6)45-30(9,10)26(34)39-18-24(32)12-2;;/h19-24,31-32H,11-18H2,1-10H3;;. The molecule has 0 saturated carbocycles. The van der Waals surface area contributed by atoms with Gasteiger partial charge in [-0.15, -0.1) is 0 Å². The first-order valence-electron chi connectivity index (χ1n) is 15.1. The number of rotatable bonds is 22. The topological polar surface area (TPSA) is 192 Å². The van der Waals surface area contributed by atoms with E-state index in [1.54, 1.807) is 41.5 Å². The maximum Gasteiger partial charge on any atom is 0.508 e. The van der Waals surface area contributed by atoms with Crippen molar-refractivity contribution >= 4 is 24.2 Å². The van der Waals surface area contributed by atoms with Gasteiger partial charge < -0.3 is 52.8 Å². The molecule has 17 heteroatoms. The largest absolute Gasteiger partial charge is 0.508 e. The Labute approximate surface area is 328 Å². The van der Waals surface area contributed by atoms with Crippen LogP contribution in [-0.4, -0.2) is 122 Å². The van der Waals surface area contributed by atoms with E-state index in [-0.39, 0.29) is 105 Å². The van der Waals surface area contributed by atoms with E-state index < -0.39 is 72.1 Å². The first-order valence-corrected chi connectivity index (χ1v) is 15.1. The number of carbonyl (C=O) groups is 4. The number of esters is 2. The van der Waals surface area contributed by atoms with Crippen molar-refractivity contribution in [1.29, 1.82) is 0 Å². The minimum Gasteiger partial charge on any atom is -0.461 e. The van der Waals surface area contributed by atoms with Crippen molar-refractivity contribution in [2.75, 3.05) is 39.6 Å². The van der Waals surface area contributed by atoms with Crippen LogP contribution >= 0.6 is 0 Å². The molecule has 0 aromatic carbocycles. The maximum atomic E-state index is 12.2. The molecule has 0 aromatic heterocycles. The molecule has 0 aliphatic heterocycles. The molecule has 2 N–H and O–H groups in total. The number of carbonyl (C=O) groups excluding carboxylic acids is 4. The van der Waals surface area contributed by atoms with Gasteiger partial charge in [0.25, 0.3) is 0 Å². The fraction of sp³-hybridized carbons (Fsp3) is 0.867. The minimum absolute atomic E-state index is 0. The Morgan fingerprint density at radius 1 is 0.532 bits per heavy atom. The summed E-state index contributed by atoms with van der Waals surface area (Å²) in [5.41, 5.74) is -2.66. The van der Waals surface area contributed by atoms with E-state index >= 15 is 0 Å². The average Bonchev–Trinajstić information content (AvgIpc) is 2.95. The van der Waals surface area contributed by atoms with Crippen molar-refractivity contribution < 1.29 is 137 Å². The molecule has 0 amide bonds. The summed E-state index contributed by atoms with van der Waals surface area (Å²) in [6.07, 6.45) is -5.28. The number of aliphatic hydroxyl groups excluding tert-OH is 2. The van der Waals surface area contributed by atoms with E-state index in [1.165, 1.54) is 27.7 Å². The van der Waals surface area contributed by atoms with Crippen LogP contribution in [-0.2, 0) is 118 Å². The maximum absolute atomic E-state index is 12.2. The predicted molar refractivity (Wildman–Crippen MR) is 158 cm³/mol. The smallest absolute Gasteiger partial charge is 0.461 e. The second-order valence-electron chi connectivity index (χ2n) is 11.7. The summed E-state index contributed by atoms with van der Waals surface area (Å²) in [6, 6.07) is 0. The first-order chi connectivity index (χ1) is 20.8. The predicted octanol–water partition coefficient (Wildman–Crippen LogP) is 3.08. The van der Waals surface area contributed by atoms with Crippen molar-refractivity contribution in [2.24, 2.45) is 0 Å². The van der Waals surface area contributed by atoms with Crippen LogP contribution in [0, 0.1) is 0 Å². The van der Waals surface area contributed by atoms with E-state index in [1.807, 2.05) is 0 Å². The molecule has 0 aliphatic carbocycles. The summed E-state index contributed by atoms with van der Waals surface area (Å²) >= 11 is 0. The summed E-state index contributed by atoms with van der Waals surface area (Å²) < 4.78 is 47.1. The van der Waals surface area contributed by atoms with Gasteiger partial charge in [-0.25, -0.2) is 19.2 Å². The Morgan fingerprint density at radius 3 is 1.15 bits per heavy atom. The van der Waals surface area contributed by atoms with Crippen LogP contribution in [0.4, 0.5) is 9.59 Å². The second kappa shape index (κ2) is 26.3. The number of aliphatic hydroxyl groups is 2. The molecule has 6 atom stereocenters. The molecule has 270 valence electrons. The molecule has 0 spiro atoms. The fourth-order valence-corrected chi connectivity index (χ4v) is 3.33. The number of hydrogen-bond acceptors (Lipinski definition) is 15. The summed E-state index contributed by atoms with van der Waals surface area (Å²) in [5.74, 6) is -1.32.